The van der Waals surface area contributed by atoms with Crippen molar-refractivity contribution in [3.63, 3.8) is 0 Å². The van der Waals surface area contributed by atoms with Crippen LogP contribution in [0.5, 0.6) is 0 Å². The van der Waals surface area contributed by atoms with Gasteiger partial charge < -0.3 is 9.84 Å². The van der Waals surface area contributed by atoms with Gasteiger partial charge in [-0.05, 0) is 25.7 Å². The molecule has 1 N–H and O–H groups in total. The predicted octanol–water partition coefficient (Wildman–Crippen LogP) is 2.06. The second-order valence-electron chi connectivity index (χ2n) is 3.64. The Hall–Kier alpha value is -0.570. The van der Waals surface area contributed by atoms with Gasteiger partial charge in [-0.15, -0.1) is 0 Å². The van der Waals surface area contributed by atoms with Crippen LogP contribution >= 0.6 is 0 Å². The second-order valence-corrected chi connectivity index (χ2v) is 3.64. The molecule has 1 saturated carbocycles. The van der Waals surface area contributed by atoms with Crippen LogP contribution in [0.15, 0.2) is 0 Å². The van der Waals surface area contributed by atoms with E-state index in [1.54, 1.807) is 0 Å². The standard InChI is InChI=1S/C10H18O3/c1-2-13-9-6-4-3-5-8(9)7-10(11)12/h8-9H,2-7H2,1H3,(H,11,12). The molecule has 2 unspecified atom stereocenters. The lowest BCUT2D eigenvalue weighted by Crippen LogP contribution is -2.29. The van der Waals surface area contributed by atoms with Crippen molar-refractivity contribution in [3.05, 3.63) is 0 Å². The summed E-state index contributed by atoms with van der Waals surface area (Å²) >= 11 is 0. The maximum absolute atomic E-state index is 10.6. The van der Waals surface area contributed by atoms with Crippen molar-refractivity contribution in [1.82, 2.24) is 0 Å². The van der Waals surface area contributed by atoms with Gasteiger partial charge in [0.05, 0.1) is 12.5 Å². The van der Waals surface area contributed by atoms with E-state index in [0.29, 0.717) is 6.61 Å². The van der Waals surface area contributed by atoms with Gasteiger partial charge in [0.1, 0.15) is 0 Å². The highest BCUT2D eigenvalue weighted by Gasteiger charge is 2.27. The highest BCUT2D eigenvalue weighted by Crippen LogP contribution is 2.29. The van der Waals surface area contributed by atoms with Crippen molar-refractivity contribution in [2.75, 3.05) is 6.61 Å². The zero-order chi connectivity index (χ0) is 9.68. The van der Waals surface area contributed by atoms with E-state index in [0.717, 1.165) is 19.3 Å². The van der Waals surface area contributed by atoms with Crippen molar-refractivity contribution in [2.24, 2.45) is 5.92 Å². The first-order chi connectivity index (χ1) is 6.24. The molecule has 0 aromatic heterocycles. The monoisotopic (exact) mass is 186 g/mol. The Morgan fingerprint density at radius 2 is 2.15 bits per heavy atom. The molecule has 0 saturated heterocycles. The van der Waals surface area contributed by atoms with Gasteiger partial charge in [-0.2, -0.15) is 0 Å². The van der Waals surface area contributed by atoms with Gasteiger partial charge in [-0.3, -0.25) is 4.79 Å². The topological polar surface area (TPSA) is 46.5 Å². The van der Waals surface area contributed by atoms with Crippen molar-refractivity contribution in [2.45, 2.75) is 45.1 Å². The van der Waals surface area contributed by atoms with Crippen molar-refractivity contribution in [1.29, 1.82) is 0 Å². The third kappa shape index (κ3) is 3.35. The van der Waals surface area contributed by atoms with Crippen LogP contribution in [0.25, 0.3) is 0 Å². The summed E-state index contributed by atoms with van der Waals surface area (Å²) in [6.45, 7) is 2.66. The third-order valence-electron chi connectivity index (χ3n) is 2.66. The van der Waals surface area contributed by atoms with Gasteiger partial charge in [-0.25, -0.2) is 0 Å². The van der Waals surface area contributed by atoms with Gasteiger partial charge in [0, 0.05) is 6.61 Å². The molecule has 0 aliphatic heterocycles. The van der Waals surface area contributed by atoms with Crippen molar-refractivity contribution in [3.8, 4) is 0 Å². The summed E-state index contributed by atoms with van der Waals surface area (Å²) in [5, 5.41) is 8.70. The molecule has 0 radical (unpaired) electrons. The number of aliphatic carboxylic acids is 1. The molecule has 0 heterocycles. The Balaban J connectivity index is 2.41. The predicted molar refractivity (Wildman–Crippen MR) is 49.6 cm³/mol. The smallest absolute Gasteiger partial charge is 0.303 e. The number of rotatable bonds is 4. The summed E-state index contributed by atoms with van der Waals surface area (Å²) < 4.78 is 5.53. The molecule has 2 atom stereocenters. The Bertz CT molecular complexity index is 166. The fourth-order valence-corrected chi connectivity index (χ4v) is 2.06. The SMILES string of the molecule is CCOC1CCCCC1CC(=O)O. The molecule has 0 aromatic rings. The summed E-state index contributed by atoms with van der Waals surface area (Å²) in [6, 6.07) is 0. The van der Waals surface area contributed by atoms with Gasteiger partial charge in [0.2, 0.25) is 0 Å². The summed E-state index contributed by atoms with van der Waals surface area (Å²) in [5.41, 5.74) is 0. The number of carbonyl (C=O) groups is 1. The van der Waals surface area contributed by atoms with E-state index in [1.165, 1.54) is 6.42 Å². The number of carboxylic acids is 1. The maximum Gasteiger partial charge on any atom is 0.303 e. The van der Waals surface area contributed by atoms with E-state index < -0.39 is 5.97 Å². The molecule has 3 heteroatoms. The summed E-state index contributed by atoms with van der Waals surface area (Å²) in [6.07, 6.45) is 4.84. The Labute approximate surface area is 79.1 Å². The molecule has 1 aliphatic rings. The first-order valence-electron chi connectivity index (χ1n) is 5.07. The highest BCUT2D eigenvalue weighted by atomic mass is 16.5. The number of carboxylic acid groups (broad SMARTS) is 1. The Morgan fingerprint density at radius 3 is 2.77 bits per heavy atom. The zero-order valence-corrected chi connectivity index (χ0v) is 8.16. The molecule has 0 spiro atoms. The maximum atomic E-state index is 10.6. The van der Waals surface area contributed by atoms with E-state index in [9.17, 15) is 4.79 Å². The number of hydrogen-bond donors (Lipinski definition) is 1. The lowest BCUT2D eigenvalue weighted by atomic mass is 9.84. The second kappa shape index (κ2) is 5.22. The molecular formula is C10H18O3. The minimum Gasteiger partial charge on any atom is -0.481 e. The van der Waals surface area contributed by atoms with E-state index in [-0.39, 0.29) is 18.4 Å². The van der Waals surface area contributed by atoms with Crippen LogP contribution in [0.1, 0.15) is 39.0 Å². The van der Waals surface area contributed by atoms with Crippen LogP contribution in [0.4, 0.5) is 0 Å². The van der Waals surface area contributed by atoms with Crippen LogP contribution in [0.3, 0.4) is 0 Å². The van der Waals surface area contributed by atoms with Crippen LogP contribution in [-0.2, 0) is 9.53 Å². The molecule has 1 aliphatic carbocycles. The summed E-state index contributed by atoms with van der Waals surface area (Å²) in [4.78, 5) is 10.6. The average Bonchev–Trinajstić information content (AvgIpc) is 2.08. The molecule has 0 bridgehead atoms. The molecule has 13 heavy (non-hydrogen) atoms. The molecule has 1 rings (SSSR count). The van der Waals surface area contributed by atoms with E-state index in [1.807, 2.05) is 6.92 Å². The minimum absolute atomic E-state index is 0.190. The van der Waals surface area contributed by atoms with Gasteiger partial charge in [-0.1, -0.05) is 12.8 Å². The van der Waals surface area contributed by atoms with Gasteiger partial charge in [0.25, 0.3) is 0 Å². The fourth-order valence-electron chi connectivity index (χ4n) is 2.06. The van der Waals surface area contributed by atoms with E-state index in [2.05, 4.69) is 0 Å². The molecule has 3 nitrogen and oxygen atoms in total. The summed E-state index contributed by atoms with van der Waals surface area (Å²) in [7, 11) is 0. The number of ether oxygens (including phenoxy) is 1. The average molecular weight is 186 g/mol. The minimum atomic E-state index is -0.698. The quantitative estimate of drug-likeness (QED) is 0.731. The molecule has 76 valence electrons. The van der Waals surface area contributed by atoms with Crippen LogP contribution in [0.2, 0.25) is 0 Å². The molecule has 1 fully saturated rings. The highest BCUT2D eigenvalue weighted by molar-refractivity contribution is 5.67. The zero-order valence-electron chi connectivity index (χ0n) is 8.16. The van der Waals surface area contributed by atoms with Crippen LogP contribution < -0.4 is 0 Å². The van der Waals surface area contributed by atoms with Crippen molar-refractivity contribution >= 4 is 5.97 Å². The number of hydrogen-bond acceptors (Lipinski definition) is 2. The lowest BCUT2D eigenvalue weighted by molar-refractivity contribution is -0.140. The Morgan fingerprint density at radius 1 is 1.46 bits per heavy atom. The molecule has 0 amide bonds. The first kappa shape index (κ1) is 10.5. The van der Waals surface area contributed by atoms with E-state index in [4.69, 9.17) is 9.84 Å². The third-order valence-corrected chi connectivity index (χ3v) is 2.66. The normalized spacial score (nSPS) is 28.7. The fraction of sp³-hybridized carbons (Fsp3) is 0.900. The van der Waals surface area contributed by atoms with Gasteiger partial charge in [0.15, 0.2) is 0 Å². The molecule has 0 aromatic carbocycles. The van der Waals surface area contributed by atoms with E-state index >= 15 is 0 Å². The molecular weight excluding hydrogens is 168 g/mol. The van der Waals surface area contributed by atoms with Crippen LogP contribution in [-0.4, -0.2) is 23.8 Å². The van der Waals surface area contributed by atoms with Crippen LogP contribution in [0, 0.1) is 5.92 Å². The lowest BCUT2D eigenvalue weighted by Gasteiger charge is -2.30. The van der Waals surface area contributed by atoms with Crippen molar-refractivity contribution < 1.29 is 14.6 Å². The largest absolute Gasteiger partial charge is 0.481 e. The van der Waals surface area contributed by atoms with Gasteiger partial charge >= 0.3 is 5.97 Å². The first-order valence-corrected chi connectivity index (χ1v) is 5.07. The summed E-state index contributed by atoms with van der Waals surface area (Å²) in [5.74, 6) is -0.456. The Kier molecular flexibility index (Phi) is 4.22.